The molecule has 0 radical (unpaired) electrons. The molecule has 6 heteroatoms. The van der Waals surface area contributed by atoms with E-state index in [0.29, 0.717) is 12.5 Å². The van der Waals surface area contributed by atoms with Crippen LogP contribution in [0, 0.1) is 0 Å². The minimum Gasteiger partial charge on any atom is -0.312 e. The molecule has 5 nitrogen and oxygen atoms in total. The number of nitrogens with zero attached hydrogens (tertiary/aromatic N) is 5. The zero-order valence-electron chi connectivity index (χ0n) is 14.9. The Morgan fingerprint density at radius 2 is 1.93 bits per heavy atom. The monoisotopic (exact) mass is 377 g/mol. The maximum atomic E-state index is 6.36. The third kappa shape index (κ3) is 2.86. The zero-order valence-corrected chi connectivity index (χ0v) is 15.7. The van der Waals surface area contributed by atoms with E-state index in [-0.39, 0.29) is 5.28 Å². The fourth-order valence-corrected chi connectivity index (χ4v) is 4.46. The van der Waals surface area contributed by atoms with Crippen molar-refractivity contribution in [3.63, 3.8) is 0 Å². The van der Waals surface area contributed by atoms with Gasteiger partial charge in [0.25, 0.3) is 0 Å². The Morgan fingerprint density at radius 1 is 1.11 bits per heavy atom. The third-order valence-electron chi connectivity index (χ3n) is 5.60. The van der Waals surface area contributed by atoms with E-state index in [0.717, 1.165) is 29.7 Å². The van der Waals surface area contributed by atoms with E-state index >= 15 is 0 Å². The number of hydrogen-bond acceptors (Lipinski definition) is 4. The first-order valence-corrected chi connectivity index (χ1v) is 9.80. The molecule has 27 heavy (non-hydrogen) atoms. The van der Waals surface area contributed by atoms with Crippen LogP contribution in [0.5, 0.6) is 0 Å². The van der Waals surface area contributed by atoms with Gasteiger partial charge in [-0.1, -0.05) is 43.2 Å². The van der Waals surface area contributed by atoms with Crippen LogP contribution in [0.15, 0.2) is 53.8 Å². The summed E-state index contributed by atoms with van der Waals surface area (Å²) < 4.78 is 2.18. The summed E-state index contributed by atoms with van der Waals surface area (Å²) in [6, 6.07) is 10.8. The number of rotatable bonds is 4. The molecule has 1 aliphatic carbocycles. The minimum absolute atomic E-state index is 0.250. The molecule has 0 saturated heterocycles. The molecule has 2 aliphatic rings. The van der Waals surface area contributed by atoms with E-state index in [2.05, 4.69) is 32.7 Å². The van der Waals surface area contributed by atoms with Gasteiger partial charge in [0, 0.05) is 18.7 Å². The molecule has 5 rings (SSSR count). The second kappa shape index (κ2) is 6.57. The highest BCUT2D eigenvalue weighted by Crippen LogP contribution is 2.38. The molecule has 0 spiro atoms. The summed E-state index contributed by atoms with van der Waals surface area (Å²) in [5, 5.41) is 0.250. The SMILES string of the molecule is Clc1nc(C2(Cc3ccccc3)C=CC=N2)c2ncn(C3CCCC3)c2n1. The summed E-state index contributed by atoms with van der Waals surface area (Å²) in [6.07, 6.45) is 13.3. The van der Waals surface area contributed by atoms with Gasteiger partial charge in [-0.3, -0.25) is 4.99 Å². The molecule has 0 amide bonds. The van der Waals surface area contributed by atoms with Crippen molar-refractivity contribution in [2.75, 3.05) is 0 Å². The normalized spacial score (nSPS) is 22.3. The molecule has 1 fully saturated rings. The van der Waals surface area contributed by atoms with Gasteiger partial charge in [0.2, 0.25) is 5.28 Å². The third-order valence-corrected chi connectivity index (χ3v) is 5.77. The molecule has 1 unspecified atom stereocenters. The van der Waals surface area contributed by atoms with Crippen molar-refractivity contribution in [2.45, 2.75) is 43.7 Å². The summed E-state index contributed by atoms with van der Waals surface area (Å²) in [6.45, 7) is 0. The number of imidazole rings is 1. The number of fused-ring (bicyclic) bond motifs is 1. The Morgan fingerprint density at radius 3 is 2.67 bits per heavy atom. The lowest BCUT2D eigenvalue weighted by Gasteiger charge is -2.24. The number of benzene rings is 1. The highest BCUT2D eigenvalue weighted by Gasteiger charge is 2.36. The highest BCUT2D eigenvalue weighted by molar-refractivity contribution is 6.28. The number of halogens is 1. The van der Waals surface area contributed by atoms with Crippen molar-refractivity contribution < 1.29 is 0 Å². The van der Waals surface area contributed by atoms with Gasteiger partial charge in [0.15, 0.2) is 5.65 Å². The number of aromatic nitrogens is 4. The van der Waals surface area contributed by atoms with E-state index < -0.39 is 5.54 Å². The van der Waals surface area contributed by atoms with E-state index in [9.17, 15) is 0 Å². The summed E-state index contributed by atoms with van der Waals surface area (Å²) in [7, 11) is 0. The number of allylic oxidation sites excluding steroid dienone is 1. The largest absolute Gasteiger partial charge is 0.312 e. The van der Waals surface area contributed by atoms with Gasteiger partial charge in [0.1, 0.15) is 16.7 Å². The van der Waals surface area contributed by atoms with Crippen molar-refractivity contribution in [3.05, 3.63) is 65.4 Å². The molecule has 1 aromatic carbocycles. The van der Waals surface area contributed by atoms with Crippen LogP contribution >= 0.6 is 11.6 Å². The average molecular weight is 378 g/mol. The molecule has 3 heterocycles. The molecule has 3 aromatic rings. The Balaban J connectivity index is 1.66. The smallest absolute Gasteiger partial charge is 0.224 e. The van der Waals surface area contributed by atoms with Gasteiger partial charge >= 0.3 is 0 Å². The van der Waals surface area contributed by atoms with Gasteiger partial charge in [-0.15, -0.1) is 0 Å². The van der Waals surface area contributed by atoms with Crippen LogP contribution in [0.25, 0.3) is 11.2 Å². The topological polar surface area (TPSA) is 56.0 Å². The lowest BCUT2D eigenvalue weighted by Crippen LogP contribution is -2.25. The van der Waals surface area contributed by atoms with Crippen molar-refractivity contribution in [3.8, 4) is 0 Å². The minimum atomic E-state index is -0.596. The first kappa shape index (κ1) is 16.6. The summed E-state index contributed by atoms with van der Waals surface area (Å²) >= 11 is 6.36. The molecule has 2 aromatic heterocycles. The second-order valence-electron chi connectivity index (χ2n) is 7.33. The fourth-order valence-electron chi connectivity index (χ4n) is 4.30. The van der Waals surface area contributed by atoms with Crippen molar-refractivity contribution in [1.82, 2.24) is 19.5 Å². The van der Waals surface area contributed by atoms with Crippen LogP contribution in [-0.4, -0.2) is 25.7 Å². The number of aliphatic imine (C=N–C) groups is 1. The van der Waals surface area contributed by atoms with E-state index in [1.165, 1.54) is 18.4 Å². The molecular formula is C21H20ClN5. The predicted octanol–water partition coefficient (Wildman–Crippen LogP) is 4.67. The lowest BCUT2D eigenvalue weighted by molar-refractivity contribution is 0.528. The van der Waals surface area contributed by atoms with Crippen LogP contribution < -0.4 is 0 Å². The van der Waals surface area contributed by atoms with Gasteiger partial charge in [-0.05, 0) is 42.2 Å². The van der Waals surface area contributed by atoms with Gasteiger partial charge in [-0.2, -0.15) is 4.98 Å². The summed E-state index contributed by atoms with van der Waals surface area (Å²) in [5.74, 6) is 0. The fraction of sp³-hybridized carbons (Fsp3) is 0.333. The molecular weight excluding hydrogens is 358 g/mol. The van der Waals surface area contributed by atoms with Gasteiger partial charge in [0.05, 0.1) is 6.33 Å². The Kier molecular flexibility index (Phi) is 4.05. The Bertz CT molecular complexity index is 1020. The maximum absolute atomic E-state index is 6.36. The average Bonchev–Trinajstić information content (AvgIpc) is 3.42. The summed E-state index contributed by atoms with van der Waals surface area (Å²) in [5.41, 5.74) is 2.99. The number of hydrogen-bond donors (Lipinski definition) is 0. The molecule has 1 saturated carbocycles. The van der Waals surface area contributed by atoms with E-state index in [1.807, 2.05) is 36.8 Å². The molecule has 136 valence electrons. The van der Waals surface area contributed by atoms with Crippen LogP contribution in [0.3, 0.4) is 0 Å². The quantitative estimate of drug-likeness (QED) is 0.620. The van der Waals surface area contributed by atoms with E-state index in [4.69, 9.17) is 21.6 Å². The molecule has 1 atom stereocenters. The first-order valence-electron chi connectivity index (χ1n) is 9.43. The standard InChI is InChI=1S/C21H20ClN5/c22-20-25-18(17-19(26-20)27(14-23-17)16-9-4-5-10-16)21(11-6-12-24-21)13-15-7-2-1-3-8-15/h1-3,6-8,11-12,14,16H,4-5,9-10,13H2. The first-order chi connectivity index (χ1) is 13.3. The van der Waals surface area contributed by atoms with Crippen molar-refractivity contribution in [2.24, 2.45) is 4.99 Å². The maximum Gasteiger partial charge on any atom is 0.224 e. The lowest BCUT2D eigenvalue weighted by atomic mass is 9.88. The molecule has 0 bridgehead atoms. The zero-order chi connectivity index (χ0) is 18.3. The van der Waals surface area contributed by atoms with Crippen molar-refractivity contribution >= 4 is 29.0 Å². The second-order valence-corrected chi connectivity index (χ2v) is 7.67. The van der Waals surface area contributed by atoms with Crippen LogP contribution in [0.1, 0.15) is 43.0 Å². The Hall–Kier alpha value is -2.53. The van der Waals surface area contributed by atoms with E-state index in [1.54, 1.807) is 0 Å². The summed E-state index contributed by atoms with van der Waals surface area (Å²) in [4.78, 5) is 18.6. The Labute approximate surface area is 162 Å². The highest BCUT2D eigenvalue weighted by atomic mass is 35.5. The molecule has 0 N–H and O–H groups in total. The molecule has 1 aliphatic heterocycles. The predicted molar refractivity (Wildman–Crippen MR) is 107 cm³/mol. The van der Waals surface area contributed by atoms with Crippen LogP contribution in [0.4, 0.5) is 0 Å². The van der Waals surface area contributed by atoms with Crippen LogP contribution in [-0.2, 0) is 12.0 Å². The van der Waals surface area contributed by atoms with Gasteiger partial charge in [-0.25, -0.2) is 9.97 Å². The van der Waals surface area contributed by atoms with Crippen LogP contribution in [0.2, 0.25) is 5.28 Å². The van der Waals surface area contributed by atoms with Crippen molar-refractivity contribution in [1.29, 1.82) is 0 Å². The van der Waals surface area contributed by atoms with Gasteiger partial charge < -0.3 is 4.57 Å².